The minimum absolute atomic E-state index is 0.0723. The quantitative estimate of drug-likeness (QED) is 0.232. The summed E-state index contributed by atoms with van der Waals surface area (Å²) in [6, 6.07) is 10.9. The average Bonchev–Trinajstić information content (AvgIpc) is 2.99. The molecule has 3 amide bonds. The van der Waals surface area contributed by atoms with Crippen LogP contribution in [0.25, 0.3) is 0 Å². The number of rotatable bonds is 6. The Hall–Kier alpha value is -4.26. The molecule has 0 spiro atoms. The Morgan fingerprint density at radius 1 is 0.580 bits per heavy atom. The van der Waals surface area contributed by atoms with Crippen LogP contribution in [-0.4, -0.2) is 90.0 Å². The van der Waals surface area contributed by atoms with Gasteiger partial charge in [0.05, 0.1) is 22.3 Å². The monoisotopic (exact) mass is 767 g/mol. The highest BCUT2D eigenvalue weighted by atomic mass is 79.9. The Balaban J connectivity index is 0.000000378. The number of alkyl halides is 3. The number of hydrogen-bond donors (Lipinski definition) is 3. The van der Waals surface area contributed by atoms with Crippen molar-refractivity contribution in [2.75, 3.05) is 42.3 Å². The van der Waals surface area contributed by atoms with E-state index in [-0.39, 0.29) is 41.1 Å². The fourth-order valence-electron chi connectivity index (χ4n) is 4.67. The van der Waals surface area contributed by atoms with Crippen LogP contribution in [0.3, 0.4) is 0 Å². The van der Waals surface area contributed by atoms with Gasteiger partial charge in [-0.3, -0.25) is 14.4 Å². The molecule has 0 aliphatic carbocycles. The van der Waals surface area contributed by atoms with Gasteiger partial charge in [-0.1, -0.05) is 65.8 Å². The highest BCUT2D eigenvalue weighted by Crippen LogP contribution is 2.40. The molecule has 50 heavy (non-hydrogen) atoms. The fraction of sp³-hybridized carbons (Fsp3) is 0.432. The molecular formula is C37H49BrF3N3O6. The summed E-state index contributed by atoms with van der Waals surface area (Å²) in [4.78, 5) is 39.4. The van der Waals surface area contributed by atoms with E-state index in [4.69, 9.17) is 0 Å². The molecule has 0 bridgehead atoms. The van der Waals surface area contributed by atoms with Gasteiger partial charge in [0.25, 0.3) is 17.7 Å². The Labute approximate surface area is 301 Å². The van der Waals surface area contributed by atoms with Gasteiger partial charge in [0.2, 0.25) is 0 Å². The molecular weight excluding hydrogens is 719 g/mol. The lowest BCUT2D eigenvalue weighted by Gasteiger charge is -2.20. The minimum Gasteiger partial charge on any atom is -0.507 e. The Morgan fingerprint density at radius 3 is 1.36 bits per heavy atom. The summed E-state index contributed by atoms with van der Waals surface area (Å²) in [6.45, 7) is 11.4. The van der Waals surface area contributed by atoms with Crippen LogP contribution in [0, 0.1) is 0 Å². The van der Waals surface area contributed by atoms with Crippen molar-refractivity contribution in [1.29, 1.82) is 0 Å². The zero-order valence-corrected chi connectivity index (χ0v) is 32.3. The number of nitrogens with zero attached hydrogens (tertiary/aromatic N) is 3. The summed E-state index contributed by atoms with van der Waals surface area (Å²) in [5.74, 6) is -1.45. The van der Waals surface area contributed by atoms with Crippen LogP contribution in [0.2, 0.25) is 0 Å². The lowest BCUT2D eigenvalue weighted by atomic mass is 9.94. The Kier molecular flexibility index (Phi) is 15.9. The highest BCUT2D eigenvalue weighted by Gasteiger charge is 2.38. The smallest absolute Gasteiger partial charge is 0.417 e. The molecule has 3 N–H and O–H groups in total. The summed E-state index contributed by atoms with van der Waals surface area (Å²) in [7, 11) is 9.34. The van der Waals surface area contributed by atoms with Crippen LogP contribution >= 0.6 is 15.9 Å². The molecule has 0 fully saturated rings. The van der Waals surface area contributed by atoms with E-state index < -0.39 is 29.0 Å². The molecule has 0 saturated carbocycles. The van der Waals surface area contributed by atoms with Gasteiger partial charge in [0.15, 0.2) is 0 Å². The number of phenolic OH excluding ortho intramolecular Hbond substituents is 3. The molecule has 0 unspecified atom stereocenters. The van der Waals surface area contributed by atoms with Gasteiger partial charge in [-0.05, 0) is 68.6 Å². The third-order valence-corrected chi connectivity index (χ3v) is 8.14. The molecule has 0 heterocycles. The van der Waals surface area contributed by atoms with Crippen molar-refractivity contribution in [3.63, 3.8) is 0 Å². The molecule has 9 nitrogen and oxygen atoms in total. The molecule has 276 valence electrons. The molecule has 0 atom stereocenters. The van der Waals surface area contributed by atoms with E-state index in [1.165, 1.54) is 30.0 Å². The maximum atomic E-state index is 12.9. The first-order valence-electron chi connectivity index (χ1n) is 15.8. The predicted molar refractivity (Wildman–Crippen MR) is 193 cm³/mol. The number of para-hydroxylation sites is 1. The highest BCUT2D eigenvalue weighted by molar-refractivity contribution is 9.10. The number of carbonyl (C=O) groups is 3. The van der Waals surface area contributed by atoms with Crippen molar-refractivity contribution in [3.8, 4) is 17.2 Å². The second-order valence-electron chi connectivity index (χ2n) is 13.1. The summed E-state index contributed by atoms with van der Waals surface area (Å²) < 4.78 is 39.3. The number of aromatic hydroxyl groups is 3. The summed E-state index contributed by atoms with van der Waals surface area (Å²) >= 11 is 3.29. The van der Waals surface area contributed by atoms with Crippen LogP contribution < -0.4 is 0 Å². The first-order valence-corrected chi connectivity index (χ1v) is 16.6. The number of amides is 3. The maximum Gasteiger partial charge on any atom is 0.417 e. The van der Waals surface area contributed by atoms with Gasteiger partial charge in [-0.25, -0.2) is 0 Å². The molecule has 0 aliphatic rings. The van der Waals surface area contributed by atoms with E-state index in [0.717, 1.165) is 22.1 Å². The topological polar surface area (TPSA) is 122 Å². The van der Waals surface area contributed by atoms with Crippen molar-refractivity contribution in [3.05, 3.63) is 85.9 Å². The molecule has 0 aromatic heterocycles. The standard InChI is InChI=1S/C13H16F3NO2.C12H16BrNO2.C12H17NO2/c1-7(2)8-5-6-9(13(14,15)16)10(11(8)18)12(19)17(3)4;1-7(2)8-5-6-9(13)10(11(8)15)12(16)14(3)4;1-8(2)9-6-5-7-10(11(9)14)12(15)13(3)4/h5-7,18H,1-4H3;5-7,15H,1-4H3;5-8,14H,1-4H3. The predicted octanol–water partition coefficient (Wildman–Crippen LogP) is 8.43. The summed E-state index contributed by atoms with van der Waals surface area (Å²) in [5.41, 5.74) is 0.800. The third-order valence-electron chi connectivity index (χ3n) is 7.48. The van der Waals surface area contributed by atoms with Crippen molar-refractivity contribution in [2.45, 2.75) is 65.5 Å². The Bertz CT molecular complexity index is 1670. The fourth-order valence-corrected chi connectivity index (χ4v) is 5.16. The van der Waals surface area contributed by atoms with Crippen molar-refractivity contribution >= 4 is 33.7 Å². The average molecular weight is 769 g/mol. The van der Waals surface area contributed by atoms with E-state index in [2.05, 4.69) is 15.9 Å². The van der Waals surface area contributed by atoms with E-state index in [0.29, 0.717) is 21.2 Å². The van der Waals surface area contributed by atoms with Crippen molar-refractivity contribution in [1.82, 2.24) is 14.7 Å². The van der Waals surface area contributed by atoms with E-state index in [1.807, 2.05) is 39.8 Å². The van der Waals surface area contributed by atoms with Crippen LogP contribution in [0.4, 0.5) is 13.2 Å². The van der Waals surface area contributed by atoms with Gasteiger partial charge in [0, 0.05) is 46.8 Å². The van der Waals surface area contributed by atoms with Crippen molar-refractivity contribution in [2.24, 2.45) is 0 Å². The second-order valence-corrected chi connectivity index (χ2v) is 13.9. The Morgan fingerprint density at radius 2 is 0.960 bits per heavy atom. The first kappa shape index (κ1) is 43.8. The second kappa shape index (κ2) is 18.1. The largest absolute Gasteiger partial charge is 0.507 e. The zero-order chi connectivity index (χ0) is 39.0. The normalized spacial score (nSPS) is 11.0. The van der Waals surface area contributed by atoms with E-state index in [1.54, 1.807) is 60.2 Å². The lowest BCUT2D eigenvalue weighted by molar-refractivity contribution is -0.138. The van der Waals surface area contributed by atoms with Gasteiger partial charge in [0.1, 0.15) is 17.2 Å². The van der Waals surface area contributed by atoms with Gasteiger partial charge < -0.3 is 30.0 Å². The van der Waals surface area contributed by atoms with Crippen LogP contribution in [0.15, 0.2) is 46.9 Å². The number of carbonyl (C=O) groups excluding carboxylic acids is 3. The SMILES string of the molecule is CC(C)c1ccc(Br)c(C(=O)N(C)C)c1O.CC(C)c1ccc(C(F)(F)F)c(C(=O)N(C)C)c1O.CC(C)c1cccc(C(=O)N(C)C)c1O. The number of phenols is 3. The molecule has 13 heteroatoms. The van der Waals surface area contributed by atoms with Crippen LogP contribution in [-0.2, 0) is 6.18 Å². The molecule has 3 aromatic rings. The van der Waals surface area contributed by atoms with Crippen molar-refractivity contribution < 1.29 is 42.9 Å². The van der Waals surface area contributed by atoms with Crippen LogP contribution in [0.1, 0.15) is 113 Å². The summed E-state index contributed by atoms with van der Waals surface area (Å²) in [5, 5.41) is 30.0. The van der Waals surface area contributed by atoms with Gasteiger partial charge in [-0.15, -0.1) is 0 Å². The lowest BCUT2D eigenvalue weighted by Crippen LogP contribution is -2.25. The third kappa shape index (κ3) is 10.9. The molecule has 0 radical (unpaired) electrons. The molecule has 0 aliphatic heterocycles. The van der Waals surface area contributed by atoms with Crippen LogP contribution in [0.5, 0.6) is 17.2 Å². The molecule has 3 aromatic carbocycles. The number of halogens is 4. The molecule has 3 rings (SSSR count). The first-order chi connectivity index (χ1) is 22.9. The number of benzene rings is 3. The maximum absolute atomic E-state index is 12.9. The summed E-state index contributed by atoms with van der Waals surface area (Å²) in [6.07, 6.45) is -4.69. The minimum atomic E-state index is -4.69. The number of hydrogen-bond acceptors (Lipinski definition) is 6. The van der Waals surface area contributed by atoms with Gasteiger partial charge >= 0.3 is 6.18 Å². The van der Waals surface area contributed by atoms with Gasteiger partial charge in [-0.2, -0.15) is 13.2 Å². The van der Waals surface area contributed by atoms with E-state index >= 15 is 0 Å². The zero-order valence-electron chi connectivity index (χ0n) is 30.7. The van der Waals surface area contributed by atoms with E-state index in [9.17, 15) is 42.9 Å². The molecule has 0 saturated heterocycles.